The first kappa shape index (κ1) is 15.9. The summed E-state index contributed by atoms with van der Waals surface area (Å²) in [6.07, 6.45) is 0.172. The quantitative estimate of drug-likeness (QED) is 0.861. The zero-order chi connectivity index (χ0) is 15.4. The van der Waals surface area contributed by atoms with Gasteiger partial charge in [-0.3, -0.25) is 0 Å². The molecule has 2 aromatic rings. The molecule has 1 N–H and O–H groups in total. The fraction of sp³-hybridized carbons (Fsp3) is 0.333. The number of nitrogens with one attached hydrogen (secondary N) is 1. The highest BCUT2D eigenvalue weighted by Gasteiger charge is 2.13. The van der Waals surface area contributed by atoms with Crippen molar-refractivity contribution in [1.82, 2.24) is 5.32 Å². The van der Waals surface area contributed by atoms with Crippen molar-refractivity contribution >= 4 is 11.6 Å². The Bertz CT molecular complexity index is 610. The third-order valence-corrected chi connectivity index (χ3v) is 3.79. The van der Waals surface area contributed by atoms with Gasteiger partial charge in [-0.2, -0.15) is 0 Å². The van der Waals surface area contributed by atoms with Gasteiger partial charge in [0.15, 0.2) is 0 Å². The minimum atomic E-state index is 0.122. The largest absolute Gasteiger partial charge is 0.491 e. The fourth-order valence-corrected chi connectivity index (χ4v) is 2.53. The molecule has 2 nitrogen and oxygen atoms in total. The monoisotopic (exact) mass is 303 g/mol. The third-order valence-electron chi connectivity index (χ3n) is 3.37. The second kappa shape index (κ2) is 6.97. The van der Waals surface area contributed by atoms with Crippen molar-refractivity contribution in [1.29, 1.82) is 0 Å². The second-order valence-corrected chi connectivity index (χ2v) is 5.88. The summed E-state index contributed by atoms with van der Waals surface area (Å²) in [6, 6.07) is 14.5. The van der Waals surface area contributed by atoms with Crippen molar-refractivity contribution in [2.24, 2.45) is 0 Å². The van der Waals surface area contributed by atoms with Crippen LogP contribution in [0.1, 0.15) is 36.6 Å². The molecule has 3 heteroatoms. The molecule has 0 aromatic heterocycles. The van der Waals surface area contributed by atoms with Gasteiger partial charge < -0.3 is 10.1 Å². The van der Waals surface area contributed by atoms with Gasteiger partial charge in [0.25, 0.3) is 0 Å². The van der Waals surface area contributed by atoms with Gasteiger partial charge >= 0.3 is 0 Å². The van der Waals surface area contributed by atoms with E-state index in [4.69, 9.17) is 16.3 Å². The number of hydrogen-bond acceptors (Lipinski definition) is 2. The van der Waals surface area contributed by atoms with Crippen LogP contribution in [0, 0.1) is 6.92 Å². The topological polar surface area (TPSA) is 21.3 Å². The minimum absolute atomic E-state index is 0.122. The van der Waals surface area contributed by atoms with Crippen molar-refractivity contribution in [3.05, 3.63) is 64.2 Å². The summed E-state index contributed by atoms with van der Waals surface area (Å²) >= 11 is 6.12. The van der Waals surface area contributed by atoms with Crippen LogP contribution >= 0.6 is 11.6 Å². The molecular formula is C18H22ClNO. The Hall–Kier alpha value is -1.51. The molecule has 112 valence electrons. The van der Waals surface area contributed by atoms with Crippen LogP contribution in [0.25, 0.3) is 0 Å². The lowest BCUT2D eigenvalue weighted by atomic mass is 9.97. The van der Waals surface area contributed by atoms with Crippen molar-refractivity contribution in [2.45, 2.75) is 32.9 Å². The normalized spacial score (nSPS) is 12.5. The summed E-state index contributed by atoms with van der Waals surface area (Å²) in [4.78, 5) is 0. The number of benzene rings is 2. The van der Waals surface area contributed by atoms with Crippen LogP contribution in [0.3, 0.4) is 0 Å². The van der Waals surface area contributed by atoms with E-state index in [9.17, 15) is 0 Å². The van der Waals surface area contributed by atoms with E-state index in [0.717, 1.165) is 16.3 Å². The fourth-order valence-electron chi connectivity index (χ4n) is 2.41. The molecule has 0 bridgehead atoms. The molecule has 0 spiro atoms. The third kappa shape index (κ3) is 3.99. The van der Waals surface area contributed by atoms with Crippen LogP contribution < -0.4 is 10.1 Å². The molecule has 0 saturated carbocycles. The van der Waals surface area contributed by atoms with Gasteiger partial charge in [0, 0.05) is 5.02 Å². The van der Waals surface area contributed by atoms with E-state index in [0.29, 0.717) is 0 Å². The first-order valence-electron chi connectivity index (χ1n) is 7.21. The maximum atomic E-state index is 6.12. The molecule has 2 aromatic carbocycles. The predicted molar refractivity (Wildman–Crippen MR) is 89.3 cm³/mol. The summed E-state index contributed by atoms with van der Waals surface area (Å²) in [7, 11) is 1.96. The smallest absolute Gasteiger partial charge is 0.120 e. The van der Waals surface area contributed by atoms with E-state index < -0.39 is 0 Å². The van der Waals surface area contributed by atoms with Crippen LogP contribution in [0.5, 0.6) is 5.75 Å². The summed E-state index contributed by atoms with van der Waals surface area (Å²) in [5.74, 6) is 0.897. The first-order valence-corrected chi connectivity index (χ1v) is 7.59. The zero-order valence-electron chi connectivity index (χ0n) is 13.0. The van der Waals surface area contributed by atoms with Crippen LogP contribution in [0.4, 0.5) is 0 Å². The highest BCUT2D eigenvalue weighted by atomic mass is 35.5. The van der Waals surface area contributed by atoms with Crippen molar-refractivity contribution in [3.63, 3.8) is 0 Å². The molecule has 0 aliphatic heterocycles. The highest BCUT2D eigenvalue weighted by Crippen LogP contribution is 2.28. The highest BCUT2D eigenvalue weighted by molar-refractivity contribution is 6.31. The SMILES string of the molecule is CNC(c1cccc(OC(C)C)c1)c1ccc(Cl)c(C)c1. The van der Waals surface area contributed by atoms with E-state index in [1.54, 1.807) is 0 Å². The molecule has 1 unspecified atom stereocenters. The molecule has 0 amide bonds. The number of halogens is 1. The number of hydrogen-bond donors (Lipinski definition) is 1. The summed E-state index contributed by atoms with van der Waals surface area (Å²) in [5.41, 5.74) is 3.46. The minimum Gasteiger partial charge on any atom is -0.491 e. The Morgan fingerprint density at radius 1 is 1.05 bits per heavy atom. The van der Waals surface area contributed by atoms with Crippen molar-refractivity contribution < 1.29 is 4.74 Å². The number of rotatable bonds is 5. The van der Waals surface area contributed by atoms with Gasteiger partial charge in [-0.25, -0.2) is 0 Å². The van der Waals surface area contributed by atoms with Crippen LogP contribution in [0.15, 0.2) is 42.5 Å². The molecule has 21 heavy (non-hydrogen) atoms. The maximum Gasteiger partial charge on any atom is 0.120 e. The summed E-state index contributed by atoms with van der Waals surface area (Å²) in [5, 5.41) is 4.16. The molecule has 0 aliphatic carbocycles. The van der Waals surface area contributed by atoms with Gasteiger partial charge in [0.05, 0.1) is 12.1 Å². The number of aryl methyl sites for hydroxylation is 1. The molecule has 0 radical (unpaired) electrons. The molecule has 0 fully saturated rings. The van der Waals surface area contributed by atoms with Crippen molar-refractivity contribution in [3.8, 4) is 5.75 Å². The van der Waals surface area contributed by atoms with Gasteiger partial charge in [-0.1, -0.05) is 35.9 Å². The lowest BCUT2D eigenvalue weighted by Crippen LogP contribution is -2.18. The number of ether oxygens (including phenoxy) is 1. The lowest BCUT2D eigenvalue weighted by Gasteiger charge is -2.19. The molecular weight excluding hydrogens is 282 g/mol. The van der Waals surface area contributed by atoms with E-state index in [-0.39, 0.29) is 12.1 Å². The standard InChI is InChI=1S/C18H22ClNO/c1-12(2)21-16-7-5-6-14(11-16)18(20-4)15-8-9-17(19)13(3)10-15/h5-12,18,20H,1-4H3. The lowest BCUT2D eigenvalue weighted by molar-refractivity contribution is 0.242. The van der Waals surface area contributed by atoms with Gasteiger partial charge in [-0.05, 0) is 62.7 Å². The zero-order valence-corrected chi connectivity index (χ0v) is 13.7. The van der Waals surface area contributed by atoms with Crippen LogP contribution in [-0.2, 0) is 0 Å². The molecule has 0 heterocycles. The Labute approximate surface area is 132 Å². The summed E-state index contributed by atoms with van der Waals surface area (Å²) in [6.45, 7) is 6.09. The van der Waals surface area contributed by atoms with E-state index in [1.807, 2.05) is 46.0 Å². The van der Waals surface area contributed by atoms with Crippen LogP contribution in [0.2, 0.25) is 5.02 Å². The van der Waals surface area contributed by atoms with E-state index in [1.165, 1.54) is 11.1 Å². The Kier molecular flexibility index (Phi) is 5.27. The maximum absolute atomic E-state index is 6.12. The molecule has 0 aliphatic rings. The van der Waals surface area contributed by atoms with E-state index in [2.05, 4.69) is 29.6 Å². The average molecular weight is 304 g/mol. The first-order chi connectivity index (χ1) is 10.0. The second-order valence-electron chi connectivity index (χ2n) is 5.47. The predicted octanol–water partition coefficient (Wildman–Crippen LogP) is 4.74. The van der Waals surface area contributed by atoms with E-state index >= 15 is 0 Å². The van der Waals surface area contributed by atoms with Gasteiger partial charge in [0.1, 0.15) is 5.75 Å². The molecule has 2 rings (SSSR count). The van der Waals surface area contributed by atoms with Crippen molar-refractivity contribution in [2.75, 3.05) is 7.05 Å². The molecule has 1 atom stereocenters. The Morgan fingerprint density at radius 2 is 1.76 bits per heavy atom. The van der Waals surface area contributed by atoms with Gasteiger partial charge in [-0.15, -0.1) is 0 Å². The average Bonchev–Trinajstić information content (AvgIpc) is 2.43. The molecule has 0 saturated heterocycles. The summed E-state index contributed by atoms with van der Waals surface area (Å²) < 4.78 is 5.78. The Balaban J connectivity index is 2.34. The van der Waals surface area contributed by atoms with Crippen LogP contribution in [-0.4, -0.2) is 13.2 Å². The van der Waals surface area contributed by atoms with Gasteiger partial charge in [0.2, 0.25) is 0 Å². The Morgan fingerprint density at radius 3 is 2.38 bits per heavy atom.